The van der Waals surface area contributed by atoms with Gasteiger partial charge in [0.25, 0.3) is 0 Å². The van der Waals surface area contributed by atoms with Gasteiger partial charge in [0.05, 0.1) is 11.6 Å². The van der Waals surface area contributed by atoms with Crippen LogP contribution >= 0.6 is 0 Å². The second kappa shape index (κ2) is 9.35. The van der Waals surface area contributed by atoms with E-state index in [1.807, 2.05) is 22.7 Å². The summed E-state index contributed by atoms with van der Waals surface area (Å²) in [6.45, 7) is -1.72. The number of aliphatic carboxylic acids is 1. The second-order valence-electron chi connectivity index (χ2n) is 10.7. The number of ether oxygens (including phenoxy) is 1. The monoisotopic (exact) mass is 545 g/mol. The Bertz CT molecular complexity index is 1630. The van der Waals surface area contributed by atoms with E-state index in [4.69, 9.17) is 4.74 Å². The largest absolute Gasteiger partial charge is 0.481 e. The van der Waals surface area contributed by atoms with Crippen molar-refractivity contribution in [1.82, 2.24) is 19.4 Å². The number of nitrogens with zero attached hydrogens (tertiary/aromatic N) is 5. The number of benzene rings is 1. The molecule has 9 nitrogen and oxygen atoms in total. The Balaban J connectivity index is 1.20. The van der Waals surface area contributed by atoms with Gasteiger partial charge in [0.15, 0.2) is 5.78 Å². The van der Waals surface area contributed by atoms with Gasteiger partial charge in [0, 0.05) is 60.7 Å². The first kappa shape index (κ1) is 24.6. The first-order valence-electron chi connectivity index (χ1n) is 13.3. The number of hydrogen-bond donors (Lipinski definition) is 1. The predicted octanol–water partition coefficient (Wildman–Crippen LogP) is 4.66. The smallest absolute Gasteiger partial charge is 0.387 e. The molecule has 0 spiro atoms. The Hall–Kier alpha value is -4.41. The summed E-state index contributed by atoms with van der Waals surface area (Å²) in [5.74, 6) is -0.790. The minimum absolute atomic E-state index is 0.0408. The van der Waals surface area contributed by atoms with Gasteiger partial charge < -0.3 is 19.1 Å². The molecule has 2 bridgehead atoms. The number of carboxylic acids is 1. The molecule has 0 radical (unpaired) electrons. The summed E-state index contributed by atoms with van der Waals surface area (Å²) in [5.41, 5.74) is 3.63. The van der Waals surface area contributed by atoms with Gasteiger partial charge >= 0.3 is 12.6 Å². The van der Waals surface area contributed by atoms with E-state index in [2.05, 4.69) is 19.9 Å². The number of Topliss-reactive ketones (excluding diaryl/α,β-unsaturated/α-hetero) is 1. The van der Waals surface area contributed by atoms with Crippen molar-refractivity contribution in [3.63, 3.8) is 0 Å². The lowest BCUT2D eigenvalue weighted by atomic mass is 9.85. The number of pyridine rings is 1. The highest BCUT2D eigenvalue weighted by molar-refractivity contribution is 6.00. The topological polar surface area (TPSA) is 110 Å². The third-order valence-corrected chi connectivity index (χ3v) is 8.52. The molecule has 204 valence electrons. The molecule has 11 heteroatoms. The Labute approximate surface area is 227 Å². The van der Waals surface area contributed by atoms with Crippen LogP contribution in [0.5, 0.6) is 5.75 Å². The number of anilines is 1. The van der Waals surface area contributed by atoms with E-state index in [9.17, 15) is 23.5 Å². The molecule has 1 saturated heterocycles. The van der Waals surface area contributed by atoms with Gasteiger partial charge in [-0.3, -0.25) is 9.59 Å². The Morgan fingerprint density at radius 2 is 1.75 bits per heavy atom. The van der Waals surface area contributed by atoms with E-state index in [1.54, 1.807) is 30.6 Å². The van der Waals surface area contributed by atoms with Gasteiger partial charge in [0.2, 0.25) is 5.95 Å². The van der Waals surface area contributed by atoms with Crippen molar-refractivity contribution in [2.45, 2.75) is 31.8 Å². The fourth-order valence-electron chi connectivity index (χ4n) is 6.80. The highest BCUT2D eigenvalue weighted by Crippen LogP contribution is 2.44. The molecule has 1 saturated carbocycles. The molecule has 1 aliphatic heterocycles. The van der Waals surface area contributed by atoms with E-state index in [-0.39, 0.29) is 35.7 Å². The molecule has 40 heavy (non-hydrogen) atoms. The van der Waals surface area contributed by atoms with Crippen molar-refractivity contribution in [2.75, 3.05) is 18.0 Å². The van der Waals surface area contributed by atoms with Crippen LogP contribution in [0.3, 0.4) is 0 Å². The zero-order valence-electron chi connectivity index (χ0n) is 21.3. The number of carbonyl (C=O) groups is 2. The number of ketones is 1. The van der Waals surface area contributed by atoms with Crippen LogP contribution in [0.25, 0.3) is 16.8 Å². The zero-order valence-corrected chi connectivity index (χ0v) is 21.3. The lowest BCUT2D eigenvalue weighted by Crippen LogP contribution is -2.45. The number of para-hydroxylation sites is 1. The van der Waals surface area contributed by atoms with Gasteiger partial charge in [-0.15, -0.1) is 0 Å². The van der Waals surface area contributed by atoms with Gasteiger partial charge in [-0.05, 0) is 42.9 Å². The first-order valence-corrected chi connectivity index (χ1v) is 13.3. The van der Waals surface area contributed by atoms with Crippen LogP contribution in [-0.4, -0.2) is 55.9 Å². The van der Waals surface area contributed by atoms with Crippen LogP contribution in [0, 0.1) is 17.8 Å². The zero-order chi connectivity index (χ0) is 27.5. The van der Waals surface area contributed by atoms with Crippen molar-refractivity contribution in [2.24, 2.45) is 17.8 Å². The minimum Gasteiger partial charge on any atom is -0.481 e. The van der Waals surface area contributed by atoms with Gasteiger partial charge in [-0.25, -0.2) is 15.0 Å². The van der Waals surface area contributed by atoms with E-state index >= 15 is 0 Å². The number of alkyl halides is 2. The summed E-state index contributed by atoms with van der Waals surface area (Å²) in [6.07, 6.45) is 7.27. The molecule has 7 rings (SSSR count). The van der Waals surface area contributed by atoms with Crippen molar-refractivity contribution in [3.05, 3.63) is 71.9 Å². The first-order chi connectivity index (χ1) is 19.4. The van der Waals surface area contributed by atoms with Crippen molar-refractivity contribution < 1.29 is 28.2 Å². The number of hydrogen-bond acceptors (Lipinski definition) is 7. The third-order valence-electron chi connectivity index (χ3n) is 8.52. The molecule has 1 aromatic carbocycles. The predicted molar refractivity (Wildman–Crippen MR) is 140 cm³/mol. The van der Waals surface area contributed by atoms with Crippen LogP contribution < -0.4 is 9.64 Å². The average Bonchev–Trinajstić information content (AvgIpc) is 3.57. The Kier molecular flexibility index (Phi) is 5.76. The van der Waals surface area contributed by atoms with Gasteiger partial charge in [0.1, 0.15) is 17.1 Å². The van der Waals surface area contributed by atoms with Crippen molar-refractivity contribution in [3.8, 4) is 16.9 Å². The molecular weight excluding hydrogens is 520 g/mol. The van der Waals surface area contributed by atoms with E-state index in [0.717, 1.165) is 24.0 Å². The molecule has 4 aromatic rings. The fraction of sp³-hybridized carbons (Fsp3) is 0.345. The summed E-state index contributed by atoms with van der Waals surface area (Å²) in [4.78, 5) is 40.4. The van der Waals surface area contributed by atoms with E-state index < -0.39 is 18.5 Å². The lowest BCUT2D eigenvalue weighted by molar-refractivity contribution is -0.144. The number of aromatic nitrogens is 4. The summed E-state index contributed by atoms with van der Waals surface area (Å²) < 4.78 is 32.8. The lowest BCUT2D eigenvalue weighted by Gasteiger charge is -2.35. The maximum Gasteiger partial charge on any atom is 0.387 e. The SMILES string of the molecule is O=C1CC(c2ccccc2OC(F)F)c2c1nc1ccc(-c3cnc(N4CC5CCC(C4)C5C(=O)O)nc3)cn21. The molecule has 3 aliphatic rings. The number of piperidine rings is 1. The van der Waals surface area contributed by atoms with Crippen molar-refractivity contribution in [1.29, 1.82) is 0 Å². The number of halogens is 2. The summed E-state index contributed by atoms with van der Waals surface area (Å²) >= 11 is 0. The standard InChI is InChI=1S/C29H25F2N5O4/c30-28(31)40-22-4-2-1-3-19(22)20-9-21(37)25-26(20)36-14-15(7-8-23(36)34-25)18-10-32-29(33-11-18)35-12-16-5-6-17(13-35)24(16)27(38)39/h1-4,7-8,10-11,14,16-17,20,24,28H,5-6,9,12-13H2,(H,38,39). The number of imidazole rings is 1. The molecule has 3 atom stereocenters. The fourth-order valence-corrected chi connectivity index (χ4v) is 6.80. The highest BCUT2D eigenvalue weighted by Gasteiger charge is 2.46. The van der Waals surface area contributed by atoms with E-state index in [0.29, 0.717) is 41.6 Å². The van der Waals surface area contributed by atoms with Gasteiger partial charge in [-0.2, -0.15) is 8.78 Å². The van der Waals surface area contributed by atoms with Crippen LogP contribution in [-0.2, 0) is 4.79 Å². The molecular formula is C29H25F2N5O4. The number of carbonyl (C=O) groups excluding carboxylic acids is 1. The number of carboxylic acid groups (broad SMARTS) is 1. The molecule has 4 heterocycles. The molecule has 2 fully saturated rings. The molecule has 2 aliphatic carbocycles. The number of rotatable bonds is 6. The minimum atomic E-state index is -2.98. The molecule has 3 unspecified atom stereocenters. The highest BCUT2D eigenvalue weighted by atomic mass is 19.3. The third kappa shape index (κ3) is 3.99. The number of fused-ring (bicyclic) bond motifs is 5. The summed E-state index contributed by atoms with van der Waals surface area (Å²) in [7, 11) is 0. The quantitative estimate of drug-likeness (QED) is 0.373. The van der Waals surface area contributed by atoms with Crippen LogP contribution in [0.15, 0.2) is 55.0 Å². The molecule has 0 amide bonds. The van der Waals surface area contributed by atoms with Crippen LogP contribution in [0.2, 0.25) is 0 Å². The van der Waals surface area contributed by atoms with Crippen LogP contribution in [0.1, 0.15) is 46.9 Å². The molecule has 1 N–H and O–H groups in total. The normalized spacial score (nSPS) is 23.7. The maximum absolute atomic E-state index is 13.1. The van der Waals surface area contributed by atoms with Crippen LogP contribution in [0.4, 0.5) is 14.7 Å². The summed E-state index contributed by atoms with van der Waals surface area (Å²) in [6, 6.07) is 10.2. The second-order valence-corrected chi connectivity index (χ2v) is 10.7. The Morgan fingerprint density at radius 3 is 2.45 bits per heavy atom. The Morgan fingerprint density at radius 1 is 1.02 bits per heavy atom. The average molecular weight is 546 g/mol. The van der Waals surface area contributed by atoms with Crippen molar-refractivity contribution >= 4 is 23.3 Å². The molecule has 3 aromatic heterocycles. The summed E-state index contributed by atoms with van der Waals surface area (Å²) in [5, 5.41) is 9.59. The van der Waals surface area contributed by atoms with E-state index in [1.165, 1.54) is 6.07 Å². The maximum atomic E-state index is 13.1. The van der Waals surface area contributed by atoms with Gasteiger partial charge in [-0.1, -0.05) is 18.2 Å².